The molecule has 5 rings (SSSR count). The Morgan fingerprint density at radius 1 is 1.03 bits per heavy atom. The highest BCUT2D eigenvalue weighted by atomic mass is 16.6. The predicted octanol–water partition coefficient (Wildman–Crippen LogP) is 6.54. The summed E-state index contributed by atoms with van der Waals surface area (Å²) in [6, 6.07) is 0. The van der Waals surface area contributed by atoms with Crippen LogP contribution in [0.15, 0.2) is 11.6 Å². The number of hydrogen-bond donors (Lipinski definition) is 1. The number of aliphatic hydroxyl groups excluding tert-OH is 1. The number of allylic oxidation sites excluding steroid dienone is 1. The molecule has 0 bridgehead atoms. The standard InChI is InChI=1S/C29H48O3/c1-19(6-11-26-27(2,3)32-17-16-31-26)23-9-10-24-22-8-7-20-18-21(30)12-14-28(20,4)25(22)13-15-29(23,24)5/h7,19,21-26,30H,6,8-18H2,1-5H3/t19-,21+,22+,23-,24+,25+,26?,28+,29-/m1/s1. The third-order valence-corrected chi connectivity index (χ3v) is 11.4. The van der Waals surface area contributed by atoms with Gasteiger partial charge in [-0.2, -0.15) is 0 Å². The molecule has 0 amide bonds. The first-order valence-corrected chi connectivity index (χ1v) is 13.8. The van der Waals surface area contributed by atoms with E-state index in [0.717, 1.165) is 62.1 Å². The van der Waals surface area contributed by atoms with Gasteiger partial charge in [0.15, 0.2) is 0 Å². The van der Waals surface area contributed by atoms with Crippen molar-refractivity contribution in [2.24, 2.45) is 40.4 Å². The van der Waals surface area contributed by atoms with Crippen LogP contribution in [0.3, 0.4) is 0 Å². The molecule has 32 heavy (non-hydrogen) atoms. The van der Waals surface area contributed by atoms with Crippen LogP contribution < -0.4 is 0 Å². The highest BCUT2D eigenvalue weighted by Gasteiger charge is 2.59. The van der Waals surface area contributed by atoms with Crippen molar-refractivity contribution < 1.29 is 14.6 Å². The number of hydrogen-bond acceptors (Lipinski definition) is 3. The topological polar surface area (TPSA) is 38.7 Å². The first kappa shape index (κ1) is 23.4. The summed E-state index contributed by atoms with van der Waals surface area (Å²) in [5.41, 5.74) is 2.32. The molecule has 0 radical (unpaired) electrons. The van der Waals surface area contributed by atoms with E-state index in [-0.39, 0.29) is 17.8 Å². The summed E-state index contributed by atoms with van der Waals surface area (Å²) in [7, 11) is 0. The zero-order valence-electron chi connectivity index (χ0n) is 21.4. The normalized spacial score (nSPS) is 48.9. The fourth-order valence-electron chi connectivity index (χ4n) is 9.45. The molecule has 0 aromatic heterocycles. The van der Waals surface area contributed by atoms with Crippen LogP contribution in [0.2, 0.25) is 0 Å². The SMILES string of the molecule is C[C@H](CCC1OCCOC1(C)C)[C@H]1CC[C@H]2[C@@H]3CC=C4C[C@@H](O)CC[C@]4(C)[C@H]3CC[C@]12C. The van der Waals surface area contributed by atoms with Crippen LogP contribution in [0.5, 0.6) is 0 Å². The summed E-state index contributed by atoms with van der Waals surface area (Å²) < 4.78 is 12.1. The molecule has 182 valence electrons. The van der Waals surface area contributed by atoms with Crippen LogP contribution in [-0.4, -0.2) is 36.1 Å². The Labute approximate surface area is 196 Å². The summed E-state index contributed by atoms with van der Waals surface area (Å²) >= 11 is 0. The highest BCUT2D eigenvalue weighted by molar-refractivity contribution is 5.25. The molecule has 4 fully saturated rings. The molecule has 3 saturated carbocycles. The van der Waals surface area contributed by atoms with Crippen LogP contribution in [-0.2, 0) is 9.47 Å². The van der Waals surface area contributed by atoms with Crippen molar-refractivity contribution in [1.29, 1.82) is 0 Å². The van der Waals surface area contributed by atoms with E-state index < -0.39 is 0 Å². The van der Waals surface area contributed by atoms with Crippen LogP contribution >= 0.6 is 0 Å². The van der Waals surface area contributed by atoms with Crippen molar-refractivity contribution in [3.8, 4) is 0 Å². The van der Waals surface area contributed by atoms with Crippen molar-refractivity contribution in [2.75, 3.05) is 13.2 Å². The van der Waals surface area contributed by atoms with Crippen LogP contribution in [0.25, 0.3) is 0 Å². The minimum absolute atomic E-state index is 0.0973. The molecule has 0 aromatic carbocycles. The molecule has 3 heteroatoms. The lowest BCUT2D eigenvalue weighted by atomic mass is 9.47. The van der Waals surface area contributed by atoms with E-state index in [1.165, 1.54) is 44.9 Å². The van der Waals surface area contributed by atoms with Gasteiger partial charge in [-0.25, -0.2) is 0 Å². The number of fused-ring (bicyclic) bond motifs is 5. The van der Waals surface area contributed by atoms with E-state index in [1.54, 1.807) is 5.57 Å². The summed E-state index contributed by atoms with van der Waals surface area (Å²) in [6.07, 6.45) is 15.2. The van der Waals surface area contributed by atoms with E-state index in [2.05, 4.69) is 40.7 Å². The molecule has 0 aromatic rings. The smallest absolute Gasteiger partial charge is 0.0888 e. The van der Waals surface area contributed by atoms with Gasteiger partial charge in [0.1, 0.15) is 0 Å². The van der Waals surface area contributed by atoms with Crippen LogP contribution in [0.4, 0.5) is 0 Å². The lowest BCUT2D eigenvalue weighted by Gasteiger charge is -2.58. The molecule has 1 saturated heterocycles. The Morgan fingerprint density at radius 2 is 1.84 bits per heavy atom. The van der Waals surface area contributed by atoms with Crippen molar-refractivity contribution in [3.63, 3.8) is 0 Å². The molecular formula is C29H48O3. The van der Waals surface area contributed by atoms with Gasteiger partial charge >= 0.3 is 0 Å². The number of rotatable bonds is 4. The number of aliphatic hydroxyl groups is 1. The third kappa shape index (κ3) is 3.73. The van der Waals surface area contributed by atoms with E-state index in [0.29, 0.717) is 10.8 Å². The summed E-state index contributed by atoms with van der Waals surface area (Å²) in [5, 5.41) is 10.3. The van der Waals surface area contributed by atoms with Gasteiger partial charge in [-0.15, -0.1) is 0 Å². The molecule has 1 heterocycles. The zero-order chi connectivity index (χ0) is 22.7. The Bertz CT molecular complexity index is 728. The van der Waals surface area contributed by atoms with E-state index >= 15 is 0 Å². The second-order valence-electron chi connectivity index (χ2n) is 13.3. The molecule has 9 atom stereocenters. The molecule has 3 nitrogen and oxygen atoms in total. The maximum atomic E-state index is 10.3. The van der Waals surface area contributed by atoms with Crippen molar-refractivity contribution >= 4 is 0 Å². The van der Waals surface area contributed by atoms with Crippen LogP contribution in [0, 0.1) is 40.4 Å². The summed E-state index contributed by atoms with van der Waals surface area (Å²) in [5.74, 6) is 4.21. The van der Waals surface area contributed by atoms with E-state index in [9.17, 15) is 5.11 Å². The lowest BCUT2D eigenvalue weighted by Crippen LogP contribution is -2.51. The summed E-state index contributed by atoms with van der Waals surface area (Å²) in [6.45, 7) is 13.6. The van der Waals surface area contributed by atoms with Gasteiger partial charge in [0.25, 0.3) is 0 Å². The average Bonchev–Trinajstić information content (AvgIpc) is 3.10. The second-order valence-corrected chi connectivity index (χ2v) is 13.3. The monoisotopic (exact) mass is 444 g/mol. The summed E-state index contributed by atoms with van der Waals surface area (Å²) in [4.78, 5) is 0. The molecule has 4 aliphatic carbocycles. The highest BCUT2D eigenvalue weighted by Crippen LogP contribution is 2.67. The Hall–Kier alpha value is -0.380. The van der Waals surface area contributed by atoms with Gasteiger partial charge in [0.2, 0.25) is 0 Å². The van der Waals surface area contributed by atoms with Gasteiger partial charge in [-0.05, 0) is 118 Å². The molecule has 1 unspecified atom stereocenters. The van der Waals surface area contributed by atoms with Crippen molar-refractivity contribution in [3.05, 3.63) is 11.6 Å². The first-order valence-electron chi connectivity index (χ1n) is 13.8. The Kier molecular flexibility index (Phi) is 6.12. The Morgan fingerprint density at radius 3 is 2.62 bits per heavy atom. The van der Waals surface area contributed by atoms with E-state index in [1.807, 2.05) is 0 Å². The van der Waals surface area contributed by atoms with Gasteiger partial charge in [0.05, 0.1) is 31.0 Å². The molecule has 0 spiro atoms. The maximum Gasteiger partial charge on any atom is 0.0888 e. The largest absolute Gasteiger partial charge is 0.393 e. The Balaban J connectivity index is 1.28. The molecular weight excluding hydrogens is 396 g/mol. The quantitative estimate of drug-likeness (QED) is 0.501. The van der Waals surface area contributed by atoms with Crippen molar-refractivity contribution in [1.82, 2.24) is 0 Å². The second kappa shape index (κ2) is 8.38. The molecule has 1 N–H and O–H groups in total. The minimum Gasteiger partial charge on any atom is -0.393 e. The minimum atomic E-state index is -0.146. The predicted molar refractivity (Wildman–Crippen MR) is 129 cm³/mol. The van der Waals surface area contributed by atoms with Crippen LogP contribution in [0.1, 0.15) is 98.8 Å². The number of ether oxygens (including phenoxy) is 2. The fourth-order valence-corrected chi connectivity index (χ4v) is 9.45. The molecule has 5 aliphatic rings. The van der Waals surface area contributed by atoms with Gasteiger partial charge in [-0.3, -0.25) is 0 Å². The zero-order valence-corrected chi connectivity index (χ0v) is 21.4. The average molecular weight is 445 g/mol. The van der Waals surface area contributed by atoms with Gasteiger partial charge in [0, 0.05) is 0 Å². The first-order chi connectivity index (χ1) is 15.1. The van der Waals surface area contributed by atoms with Crippen molar-refractivity contribution in [2.45, 2.75) is 117 Å². The third-order valence-electron chi connectivity index (χ3n) is 11.4. The van der Waals surface area contributed by atoms with E-state index in [4.69, 9.17) is 9.47 Å². The molecule has 1 aliphatic heterocycles. The van der Waals surface area contributed by atoms with Gasteiger partial charge < -0.3 is 14.6 Å². The maximum absolute atomic E-state index is 10.3. The lowest BCUT2D eigenvalue weighted by molar-refractivity contribution is -0.189. The fraction of sp³-hybridized carbons (Fsp3) is 0.931. The van der Waals surface area contributed by atoms with Gasteiger partial charge in [-0.1, -0.05) is 32.4 Å².